The Morgan fingerprint density at radius 3 is 2.93 bits per heavy atom. The minimum absolute atomic E-state index is 0.271. The van der Waals surface area contributed by atoms with Gasteiger partial charge >= 0.3 is 0 Å². The van der Waals surface area contributed by atoms with Gasteiger partial charge in [0.1, 0.15) is 5.82 Å². The number of H-pyrrole nitrogens is 1. The van der Waals surface area contributed by atoms with E-state index in [2.05, 4.69) is 9.97 Å². The fraction of sp³-hybridized carbons (Fsp3) is 0.100. The van der Waals surface area contributed by atoms with Gasteiger partial charge < -0.3 is 10.7 Å². The van der Waals surface area contributed by atoms with Crippen LogP contribution in [-0.4, -0.2) is 9.97 Å². The summed E-state index contributed by atoms with van der Waals surface area (Å²) in [6.07, 6.45) is 3.39. The Morgan fingerprint density at radius 1 is 1.40 bits per heavy atom. The molecule has 1 aromatic carbocycles. The quantitative estimate of drug-likeness (QED) is 0.838. The Bertz CT molecular complexity index is 442. The topological polar surface area (TPSA) is 54.7 Å². The molecule has 0 saturated heterocycles. The Balaban J connectivity index is 2.24. The number of hydrogen-bond donors (Lipinski definition) is 2. The average Bonchev–Trinajstić information content (AvgIpc) is 2.69. The molecule has 0 bridgehead atoms. The number of aromatic nitrogens is 2. The second-order valence-corrected chi connectivity index (χ2v) is 4.06. The summed E-state index contributed by atoms with van der Waals surface area (Å²) in [4.78, 5) is 7.79. The zero-order valence-electron chi connectivity index (χ0n) is 7.90. The molecule has 2 rings (SSSR count). The van der Waals surface area contributed by atoms with Gasteiger partial charge in [-0.2, -0.15) is 0 Å². The third kappa shape index (κ3) is 2.57. The van der Waals surface area contributed by atoms with Crippen LogP contribution in [0.3, 0.4) is 0 Å². The third-order valence-electron chi connectivity index (χ3n) is 1.85. The van der Waals surface area contributed by atoms with E-state index in [0.29, 0.717) is 6.54 Å². The van der Waals surface area contributed by atoms with Crippen LogP contribution in [0.15, 0.2) is 40.6 Å². The van der Waals surface area contributed by atoms with Crippen molar-refractivity contribution in [1.29, 1.82) is 0 Å². The molecule has 0 aliphatic rings. The third-order valence-corrected chi connectivity index (χ3v) is 2.74. The lowest BCUT2D eigenvalue weighted by atomic mass is 10.2. The predicted octanol–water partition coefficient (Wildman–Crippen LogP) is 2.16. The van der Waals surface area contributed by atoms with Crippen LogP contribution in [0.5, 0.6) is 0 Å². The number of hydrogen-bond acceptors (Lipinski definition) is 3. The van der Waals surface area contributed by atoms with Gasteiger partial charge in [-0.1, -0.05) is 11.8 Å². The molecule has 0 amide bonds. The first-order valence-corrected chi connectivity index (χ1v) is 5.26. The van der Waals surface area contributed by atoms with Crippen LogP contribution in [0.25, 0.3) is 0 Å². The van der Waals surface area contributed by atoms with E-state index in [9.17, 15) is 4.39 Å². The molecular formula is C10H10FN3S. The summed E-state index contributed by atoms with van der Waals surface area (Å²) >= 11 is 1.38. The molecule has 15 heavy (non-hydrogen) atoms. The van der Waals surface area contributed by atoms with Crippen LogP contribution in [0.4, 0.5) is 4.39 Å². The van der Waals surface area contributed by atoms with Crippen LogP contribution in [0, 0.1) is 5.82 Å². The second kappa shape index (κ2) is 4.46. The average molecular weight is 223 g/mol. The van der Waals surface area contributed by atoms with Crippen molar-refractivity contribution in [2.45, 2.75) is 16.6 Å². The highest BCUT2D eigenvalue weighted by Crippen LogP contribution is 2.25. The van der Waals surface area contributed by atoms with Gasteiger partial charge in [0.05, 0.1) is 0 Å². The molecule has 0 radical (unpaired) electrons. The highest BCUT2D eigenvalue weighted by atomic mass is 32.2. The first kappa shape index (κ1) is 10.2. The largest absolute Gasteiger partial charge is 0.339 e. The number of imidazole rings is 1. The zero-order valence-corrected chi connectivity index (χ0v) is 8.72. The van der Waals surface area contributed by atoms with Crippen molar-refractivity contribution in [1.82, 2.24) is 9.97 Å². The normalized spacial score (nSPS) is 10.5. The van der Waals surface area contributed by atoms with Crippen LogP contribution < -0.4 is 5.73 Å². The van der Waals surface area contributed by atoms with Crippen molar-refractivity contribution in [3.05, 3.63) is 42.0 Å². The Labute approximate surface area is 90.9 Å². The van der Waals surface area contributed by atoms with Gasteiger partial charge in [-0.3, -0.25) is 0 Å². The predicted molar refractivity (Wildman–Crippen MR) is 57.0 cm³/mol. The molecule has 0 saturated carbocycles. The summed E-state index contributed by atoms with van der Waals surface area (Å²) in [5.74, 6) is -0.271. The van der Waals surface area contributed by atoms with Crippen molar-refractivity contribution in [3.63, 3.8) is 0 Å². The van der Waals surface area contributed by atoms with Crippen LogP contribution in [-0.2, 0) is 6.54 Å². The Hall–Kier alpha value is -1.33. The number of nitrogens with one attached hydrogen (secondary N) is 1. The maximum atomic E-state index is 13.1. The smallest absolute Gasteiger partial charge is 0.170 e. The fourth-order valence-corrected chi connectivity index (χ4v) is 2.06. The van der Waals surface area contributed by atoms with Gasteiger partial charge in [0, 0.05) is 23.8 Å². The SMILES string of the molecule is NCc1cc(F)cc(Sc2ncc[nH]2)c1. The Morgan fingerprint density at radius 2 is 2.27 bits per heavy atom. The summed E-state index contributed by atoms with van der Waals surface area (Å²) in [7, 11) is 0. The molecule has 0 aliphatic heterocycles. The lowest BCUT2D eigenvalue weighted by Gasteiger charge is -2.02. The van der Waals surface area contributed by atoms with Crippen molar-refractivity contribution >= 4 is 11.8 Å². The highest BCUT2D eigenvalue weighted by molar-refractivity contribution is 7.99. The maximum absolute atomic E-state index is 13.1. The van der Waals surface area contributed by atoms with E-state index >= 15 is 0 Å². The lowest BCUT2D eigenvalue weighted by Crippen LogP contribution is -1.97. The number of nitrogens with zero attached hydrogens (tertiary/aromatic N) is 1. The van der Waals surface area contributed by atoms with E-state index in [-0.39, 0.29) is 5.82 Å². The molecule has 0 aliphatic carbocycles. The minimum Gasteiger partial charge on any atom is -0.339 e. The number of aromatic amines is 1. The summed E-state index contributed by atoms with van der Waals surface area (Å²) in [6, 6.07) is 4.76. The van der Waals surface area contributed by atoms with Gasteiger partial charge in [0.15, 0.2) is 5.16 Å². The second-order valence-electron chi connectivity index (χ2n) is 3.00. The number of benzene rings is 1. The van der Waals surface area contributed by atoms with E-state index in [0.717, 1.165) is 15.6 Å². The van der Waals surface area contributed by atoms with E-state index in [1.165, 1.54) is 23.9 Å². The monoisotopic (exact) mass is 223 g/mol. The summed E-state index contributed by atoms with van der Waals surface area (Å²) in [5.41, 5.74) is 6.24. The molecule has 0 unspecified atom stereocenters. The van der Waals surface area contributed by atoms with Gasteiger partial charge in [-0.15, -0.1) is 0 Å². The molecular weight excluding hydrogens is 213 g/mol. The first-order valence-electron chi connectivity index (χ1n) is 4.44. The molecule has 0 fully saturated rings. The number of nitrogens with two attached hydrogens (primary N) is 1. The molecule has 78 valence electrons. The van der Waals surface area contributed by atoms with Crippen molar-refractivity contribution in [3.8, 4) is 0 Å². The van der Waals surface area contributed by atoms with Crippen molar-refractivity contribution < 1.29 is 4.39 Å². The van der Waals surface area contributed by atoms with Crippen LogP contribution >= 0.6 is 11.8 Å². The van der Waals surface area contributed by atoms with Gasteiger partial charge in [-0.05, 0) is 23.8 Å². The van der Waals surface area contributed by atoms with Gasteiger partial charge in [0.2, 0.25) is 0 Å². The highest BCUT2D eigenvalue weighted by Gasteiger charge is 2.03. The molecule has 3 nitrogen and oxygen atoms in total. The molecule has 2 aromatic rings. The van der Waals surface area contributed by atoms with Crippen molar-refractivity contribution in [2.75, 3.05) is 0 Å². The minimum atomic E-state index is -0.271. The van der Waals surface area contributed by atoms with Gasteiger partial charge in [-0.25, -0.2) is 9.37 Å². The molecule has 1 aromatic heterocycles. The fourth-order valence-electron chi connectivity index (χ4n) is 1.22. The summed E-state index contributed by atoms with van der Waals surface area (Å²) < 4.78 is 13.1. The molecule has 3 N–H and O–H groups in total. The molecule has 5 heteroatoms. The number of rotatable bonds is 3. The van der Waals surface area contributed by atoms with Crippen LogP contribution in [0.2, 0.25) is 0 Å². The first-order chi connectivity index (χ1) is 7.28. The van der Waals surface area contributed by atoms with Crippen molar-refractivity contribution in [2.24, 2.45) is 5.73 Å². The standard InChI is InChI=1S/C10H10FN3S/c11-8-3-7(6-12)4-9(5-8)15-10-13-1-2-14-10/h1-5H,6,12H2,(H,13,14). The van der Waals surface area contributed by atoms with E-state index in [1.54, 1.807) is 12.4 Å². The Kier molecular flexibility index (Phi) is 3.03. The summed E-state index contributed by atoms with van der Waals surface area (Å²) in [6.45, 7) is 0.337. The van der Waals surface area contributed by atoms with E-state index < -0.39 is 0 Å². The lowest BCUT2D eigenvalue weighted by molar-refractivity contribution is 0.621. The molecule has 1 heterocycles. The van der Waals surface area contributed by atoms with E-state index in [1.807, 2.05) is 6.07 Å². The zero-order chi connectivity index (χ0) is 10.7. The van der Waals surface area contributed by atoms with Gasteiger partial charge in [0.25, 0.3) is 0 Å². The maximum Gasteiger partial charge on any atom is 0.170 e. The molecule has 0 spiro atoms. The van der Waals surface area contributed by atoms with E-state index in [4.69, 9.17) is 5.73 Å². The number of halogens is 1. The summed E-state index contributed by atoms with van der Waals surface area (Å²) in [5, 5.41) is 0.739. The van der Waals surface area contributed by atoms with Crippen LogP contribution in [0.1, 0.15) is 5.56 Å². The molecule has 0 atom stereocenters.